The van der Waals surface area contributed by atoms with E-state index in [4.69, 9.17) is 16.3 Å². The molecule has 2 aromatic carbocycles. The molecule has 27 heavy (non-hydrogen) atoms. The Kier molecular flexibility index (Phi) is 5.81. The van der Waals surface area contributed by atoms with Crippen molar-refractivity contribution in [2.24, 2.45) is 5.10 Å². The number of halogens is 1. The summed E-state index contributed by atoms with van der Waals surface area (Å²) in [4.78, 5) is 14.4. The summed E-state index contributed by atoms with van der Waals surface area (Å²) in [7, 11) is 0. The van der Waals surface area contributed by atoms with Gasteiger partial charge in [0.05, 0.1) is 12.3 Å². The zero-order valence-corrected chi connectivity index (χ0v) is 16.2. The number of carbonyl (C=O) groups excluding carboxylic acids is 1. The van der Waals surface area contributed by atoms with Crippen molar-refractivity contribution in [1.29, 1.82) is 0 Å². The zero-order valence-electron chi connectivity index (χ0n) is 15.4. The first-order valence-corrected chi connectivity index (χ1v) is 9.18. The van der Waals surface area contributed by atoms with Gasteiger partial charge in [0.25, 0.3) is 0 Å². The molecule has 2 aromatic rings. The van der Waals surface area contributed by atoms with Gasteiger partial charge in [-0.3, -0.25) is 0 Å². The lowest BCUT2D eigenvalue weighted by atomic mass is 10.1. The van der Waals surface area contributed by atoms with E-state index in [9.17, 15) is 4.79 Å². The number of ether oxygens (including phenoxy) is 1. The Bertz CT molecular complexity index is 864. The SMILES string of the molecule is C=CCN1C(C(=O)OCC)=NN(c2ccc(C)cc2)C1c1ccccc1Cl. The number of rotatable bonds is 6. The van der Waals surface area contributed by atoms with Crippen LogP contribution in [-0.4, -0.2) is 29.9 Å². The second-order valence-electron chi connectivity index (χ2n) is 6.16. The van der Waals surface area contributed by atoms with Crippen LogP contribution >= 0.6 is 11.6 Å². The Hall–Kier alpha value is -2.79. The highest BCUT2D eigenvalue weighted by molar-refractivity contribution is 6.36. The van der Waals surface area contributed by atoms with Gasteiger partial charge in [0.1, 0.15) is 0 Å². The van der Waals surface area contributed by atoms with Gasteiger partial charge in [0, 0.05) is 17.1 Å². The first-order chi connectivity index (χ1) is 13.1. The minimum absolute atomic E-state index is 0.238. The molecule has 6 heteroatoms. The molecule has 0 aromatic heterocycles. The molecule has 0 saturated carbocycles. The highest BCUT2D eigenvalue weighted by Gasteiger charge is 2.40. The molecule has 1 heterocycles. The Labute approximate surface area is 164 Å². The summed E-state index contributed by atoms with van der Waals surface area (Å²) in [6, 6.07) is 15.5. The van der Waals surface area contributed by atoms with Gasteiger partial charge in [-0.05, 0) is 32.0 Å². The molecule has 0 fully saturated rings. The van der Waals surface area contributed by atoms with Crippen molar-refractivity contribution in [2.75, 3.05) is 18.2 Å². The van der Waals surface area contributed by atoms with Crippen LogP contribution in [0.15, 0.2) is 66.3 Å². The fraction of sp³-hybridized carbons (Fsp3) is 0.238. The molecule has 0 amide bonds. The van der Waals surface area contributed by atoms with Crippen LogP contribution < -0.4 is 5.01 Å². The fourth-order valence-electron chi connectivity index (χ4n) is 3.02. The Balaban J connectivity index is 2.12. The Morgan fingerprint density at radius 3 is 2.59 bits per heavy atom. The number of esters is 1. The largest absolute Gasteiger partial charge is 0.460 e. The van der Waals surface area contributed by atoms with Crippen LogP contribution in [0.4, 0.5) is 5.69 Å². The van der Waals surface area contributed by atoms with E-state index in [0.717, 1.165) is 16.8 Å². The van der Waals surface area contributed by atoms with Crippen molar-refractivity contribution < 1.29 is 9.53 Å². The minimum atomic E-state index is -0.467. The van der Waals surface area contributed by atoms with Crippen molar-refractivity contribution in [3.05, 3.63) is 77.3 Å². The predicted molar refractivity (Wildman–Crippen MR) is 109 cm³/mol. The number of aryl methyl sites for hydroxylation is 1. The molecule has 0 N–H and O–H groups in total. The number of benzene rings is 2. The van der Waals surface area contributed by atoms with E-state index in [1.807, 2.05) is 60.4 Å². The quantitative estimate of drug-likeness (QED) is 0.543. The van der Waals surface area contributed by atoms with E-state index in [2.05, 4.69) is 11.7 Å². The average molecular weight is 384 g/mol. The van der Waals surface area contributed by atoms with Gasteiger partial charge in [0.2, 0.25) is 5.84 Å². The predicted octanol–water partition coefficient (Wildman–Crippen LogP) is 4.53. The molecule has 1 unspecified atom stereocenters. The van der Waals surface area contributed by atoms with Gasteiger partial charge in [-0.2, -0.15) is 0 Å². The zero-order chi connectivity index (χ0) is 19.4. The molecule has 1 aliphatic heterocycles. The van der Waals surface area contributed by atoms with Crippen LogP contribution in [0.1, 0.15) is 24.2 Å². The minimum Gasteiger partial charge on any atom is -0.460 e. The highest BCUT2D eigenvalue weighted by Crippen LogP contribution is 2.38. The number of carbonyl (C=O) groups is 1. The van der Waals surface area contributed by atoms with Crippen molar-refractivity contribution in [2.45, 2.75) is 20.0 Å². The number of anilines is 1. The molecule has 0 radical (unpaired) electrons. The Morgan fingerprint density at radius 1 is 1.26 bits per heavy atom. The standard InChI is InChI=1S/C21H22ClN3O2/c1-4-14-24-19(21(26)27-5-2)23-25(16-12-10-15(3)11-13-16)20(24)17-8-6-7-9-18(17)22/h4,6-13,20H,1,5,14H2,2-3H3. The van der Waals surface area contributed by atoms with Crippen LogP contribution in [-0.2, 0) is 9.53 Å². The molecule has 1 atom stereocenters. The van der Waals surface area contributed by atoms with Crippen molar-refractivity contribution >= 4 is 29.1 Å². The third kappa shape index (κ3) is 3.83. The van der Waals surface area contributed by atoms with Gasteiger partial charge in [-0.15, -0.1) is 11.7 Å². The summed E-state index contributed by atoms with van der Waals surface area (Å²) in [5, 5.41) is 7.01. The molecule has 3 rings (SSSR count). The third-order valence-corrected chi connectivity index (χ3v) is 4.61. The third-order valence-electron chi connectivity index (χ3n) is 4.27. The van der Waals surface area contributed by atoms with Crippen molar-refractivity contribution in [3.63, 3.8) is 0 Å². The molecule has 0 spiro atoms. The van der Waals surface area contributed by atoms with E-state index < -0.39 is 5.97 Å². The second kappa shape index (κ2) is 8.27. The lowest BCUT2D eigenvalue weighted by Gasteiger charge is -2.31. The molecule has 0 aliphatic carbocycles. The smallest absolute Gasteiger partial charge is 0.376 e. The van der Waals surface area contributed by atoms with Crippen LogP contribution in [0.25, 0.3) is 0 Å². The fourth-order valence-corrected chi connectivity index (χ4v) is 3.26. The lowest BCUT2D eigenvalue weighted by Crippen LogP contribution is -2.39. The molecule has 1 aliphatic rings. The number of nitrogens with zero attached hydrogens (tertiary/aromatic N) is 3. The van der Waals surface area contributed by atoms with E-state index in [-0.39, 0.29) is 18.6 Å². The van der Waals surface area contributed by atoms with Crippen molar-refractivity contribution in [1.82, 2.24) is 4.90 Å². The summed E-state index contributed by atoms with van der Waals surface area (Å²) in [6.07, 6.45) is 1.36. The summed E-state index contributed by atoms with van der Waals surface area (Å²) in [5.74, 6) is -0.228. The van der Waals surface area contributed by atoms with Crippen LogP contribution in [0.3, 0.4) is 0 Å². The topological polar surface area (TPSA) is 45.1 Å². The molecular formula is C21H22ClN3O2. The van der Waals surface area contributed by atoms with Crippen LogP contribution in [0, 0.1) is 6.92 Å². The van der Waals surface area contributed by atoms with Gasteiger partial charge >= 0.3 is 5.97 Å². The summed E-state index contributed by atoms with van der Waals surface area (Å²) >= 11 is 6.49. The molecule has 5 nitrogen and oxygen atoms in total. The molecular weight excluding hydrogens is 362 g/mol. The first-order valence-electron chi connectivity index (χ1n) is 8.80. The number of hydrazone groups is 1. The maximum Gasteiger partial charge on any atom is 0.376 e. The maximum atomic E-state index is 12.5. The van der Waals surface area contributed by atoms with Gasteiger partial charge in [-0.25, -0.2) is 9.80 Å². The molecule has 0 saturated heterocycles. The number of hydrogen-bond donors (Lipinski definition) is 0. The van der Waals surface area contributed by atoms with E-state index in [0.29, 0.717) is 11.6 Å². The summed E-state index contributed by atoms with van der Waals surface area (Å²) < 4.78 is 5.21. The lowest BCUT2D eigenvalue weighted by molar-refractivity contribution is -0.135. The van der Waals surface area contributed by atoms with Gasteiger partial charge in [0.15, 0.2) is 6.17 Å². The van der Waals surface area contributed by atoms with Gasteiger partial charge < -0.3 is 9.64 Å². The molecule has 0 bridgehead atoms. The average Bonchev–Trinajstić information content (AvgIpc) is 3.02. The van der Waals surface area contributed by atoms with E-state index in [1.54, 1.807) is 18.0 Å². The Morgan fingerprint density at radius 2 is 1.96 bits per heavy atom. The van der Waals surface area contributed by atoms with Gasteiger partial charge in [-0.1, -0.05) is 53.6 Å². The normalized spacial score (nSPS) is 16.3. The molecule has 140 valence electrons. The first kappa shape index (κ1) is 19.0. The second-order valence-corrected chi connectivity index (χ2v) is 6.57. The maximum absolute atomic E-state index is 12.5. The summed E-state index contributed by atoms with van der Waals surface area (Å²) in [6.45, 7) is 8.33. The summed E-state index contributed by atoms with van der Waals surface area (Å²) in [5.41, 5.74) is 2.85. The van der Waals surface area contributed by atoms with E-state index >= 15 is 0 Å². The van der Waals surface area contributed by atoms with Crippen LogP contribution in [0.2, 0.25) is 5.02 Å². The number of amidine groups is 1. The highest BCUT2D eigenvalue weighted by atomic mass is 35.5. The van der Waals surface area contributed by atoms with Crippen molar-refractivity contribution in [3.8, 4) is 0 Å². The van der Waals surface area contributed by atoms with E-state index in [1.165, 1.54) is 0 Å². The van der Waals surface area contributed by atoms with Crippen LogP contribution in [0.5, 0.6) is 0 Å². The monoisotopic (exact) mass is 383 g/mol. The number of hydrogen-bond acceptors (Lipinski definition) is 5.